The van der Waals surface area contributed by atoms with E-state index in [-0.39, 0.29) is 16.8 Å². The summed E-state index contributed by atoms with van der Waals surface area (Å²) in [5.74, 6) is -1.01. The highest BCUT2D eigenvalue weighted by Gasteiger charge is 2.15. The largest absolute Gasteiger partial charge is 0.488 e. The molecule has 2 N–H and O–H groups in total. The molecule has 2 rings (SSSR count). The quantitative estimate of drug-likeness (QED) is 0.812. The maximum atomic E-state index is 13.9. The van der Waals surface area contributed by atoms with E-state index in [1.54, 1.807) is 19.9 Å². The second-order valence-electron chi connectivity index (χ2n) is 4.51. The molecule has 98 valence electrons. The van der Waals surface area contributed by atoms with E-state index in [0.29, 0.717) is 11.1 Å². The summed E-state index contributed by atoms with van der Waals surface area (Å²) in [4.78, 5) is 0. The number of aryl methyl sites for hydroxylation is 1. The van der Waals surface area contributed by atoms with Crippen LogP contribution in [0.25, 0.3) is 11.1 Å². The Morgan fingerprint density at radius 3 is 2.16 bits per heavy atom. The van der Waals surface area contributed by atoms with Gasteiger partial charge in [0.1, 0.15) is 11.6 Å². The zero-order chi connectivity index (χ0) is 14.2. The van der Waals surface area contributed by atoms with Gasteiger partial charge in [0.25, 0.3) is 0 Å². The van der Waals surface area contributed by atoms with E-state index >= 15 is 0 Å². The summed E-state index contributed by atoms with van der Waals surface area (Å²) < 4.78 is 27.6. The highest BCUT2D eigenvalue weighted by molar-refractivity contribution is 6.58. The standard InChI is InChI=1S/C14H13BF2O2/c1-8-5-10(6-13(16)9(8)2)12-4-3-11(15(18)19)7-14(12)17/h3-7,18-19H,1-2H3. The Balaban J connectivity index is 2.53. The van der Waals surface area contributed by atoms with Crippen molar-refractivity contribution >= 4 is 12.6 Å². The summed E-state index contributed by atoms with van der Waals surface area (Å²) in [6.45, 7) is 3.42. The van der Waals surface area contributed by atoms with Gasteiger partial charge in [0.2, 0.25) is 0 Å². The third kappa shape index (κ3) is 2.67. The number of rotatable bonds is 2. The molecule has 2 aromatic carbocycles. The Labute approximate surface area is 110 Å². The van der Waals surface area contributed by atoms with E-state index in [9.17, 15) is 8.78 Å². The minimum atomic E-state index is -1.72. The molecule has 0 spiro atoms. The van der Waals surface area contributed by atoms with Crippen molar-refractivity contribution in [3.05, 3.63) is 53.1 Å². The molecule has 0 radical (unpaired) electrons. The molecule has 0 amide bonds. The Kier molecular flexibility index (Phi) is 3.69. The van der Waals surface area contributed by atoms with Crippen molar-refractivity contribution in [1.82, 2.24) is 0 Å². The van der Waals surface area contributed by atoms with Crippen LogP contribution in [-0.4, -0.2) is 17.2 Å². The molecule has 2 aromatic rings. The average Bonchev–Trinajstić information content (AvgIpc) is 2.35. The van der Waals surface area contributed by atoms with Crippen molar-refractivity contribution in [1.29, 1.82) is 0 Å². The molecule has 0 unspecified atom stereocenters. The molecular weight excluding hydrogens is 249 g/mol. The normalized spacial score (nSPS) is 10.6. The highest BCUT2D eigenvalue weighted by Crippen LogP contribution is 2.26. The predicted molar refractivity (Wildman–Crippen MR) is 71.1 cm³/mol. The molecule has 2 nitrogen and oxygen atoms in total. The van der Waals surface area contributed by atoms with Crippen molar-refractivity contribution in [2.45, 2.75) is 13.8 Å². The second kappa shape index (κ2) is 5.11. The van der Waals surface area contributed by atoms with Crippen molar-refractivity contribution in [2.24, 2.45) is 0 Å². The van der Waals surface area contributed by atoms with E-state index in [1.807, 2.05) is 0 Å². The van der Waals surface area contributed by atoms with Crippen LogP contribution in [-0.2, 0) is 0 Å². The first-order chi connectivity index (χ1) is 8.90. The third-order valence-corrected chi connectivity index (χ3v) is 3.21. The number of benzene rings is 2. The number of halogens is 2. The summed E-state index contributed by atoms with van der Waals surface area (Å²) in [5.41, 5.74) is 1.99. The maximum absolute atomic E-state index is 13.9. The molecule has 5 heteroatoms. The van der Waals surface area contributed by atoms with Crippen molar-refractivity contribution in [2.75, 3.05) is 0 Å². The van der Waals surface area contributed by atoms with Gasteiger partial charge in [0.05, 0.1) is 0 Å². The Morgan fingerprint density at radius 1 is 0.947 bits per heavy atom. The lowest BCUT2D eigenvalue weighted by Crippen LogP contribution is -2.30. The van der Waals surface area contributed by atoms with Crippen LogP contribution in [0.3, 0.4) is 0 Å². The summed E-state index contributed by atoms with van der Waals surface area (Å²) >= 11 is 0. The van der Waals surface area contributed by atoms with Gasteiger partial charge in [-0.25, -0.2) is 8.78 Å². The van der Waals surface area contributed by atoms with E-state index < -0.39 is 12.9 Å². The fourth-order valence-corrected chi connectivity index (χ4v) is 1.90. The number of hydrogen-bond donors (Lipinski definition) is 2. The molecule has 0 aromatic heterocycles. The molecule has 0 aliphatic carbocycles. The lowest BCUT2D eigenvalue weighted by Gasteiger charge is -2.09. The van der Waals surface area contributed by atoms with Gasteiger partial charge in [-0.05, 0) is 48.1 Å². The molecule has 0 atom stereocenters. The van der Waals surface area contributed by atoms with E-state index in [2.05, 4.69) is 0 Å². The van der Waals surface area contributed by atoms with Crippen LogP contribution < -0.4 is 5.46 Å². The molecular formula is C14H13BF2O2. The van der Waals surface area contributed by atoms with E-state index in [1.165, 1.54) is 18.2 Å². The SMILES string of the molecule is Cc1cc(-c2ccc(B(O)O)cc2F)cc(F)c1C. The average molecular weight is 262 g/mol. The Morgan fingerprint density at radius 2 is 1.63 bits per heavy atom. The Bertz CT molecular complexity index is 604. The van der Waals surface area contributed by atoms with E-state index in [0.717, 1.165) is 11.6 Å². The van der Waals surface area contributed by atoms with Crippen LogP contribution in [0.4, 0.5) is 8.78 Å². The van der Waals surface area contributed by atoms with E-state index in [4.69, 9.17) is 10.0 Å². The molecule has 0 bridgehead atoms. The Hall–Kier alpha value is -1.72. The molecule has 0 heterocycles. The first-order valence-electron chi connectivity index (χ1n) is 5.83. The highest BCUT2D eigenvalue weighted by atomic mass is 19.1. The monoisotopic (exact) mass is 262 g/mol. The molecule has 0 saturated heterocycles. The van der Waals surface area contributed by atoms with Crippen molar-refractivity contribution in [3.63, 3.8) is 0 Å². The predicted octanol–water partition coefficient (Wildman–Crippen LogP) is 1.93. The van der Waals surface area contributed by atoms with Gasteiger partial charge in [0, 0.05) is 5.56 Å². The minimum absolute atomic E-state index is 0.0607. The van der Waals surface area contributed by atoms with Gasteiger partial charge >= 0.3 is 7.12 Å². The van der Waals surface area contributed by atoms with Crippen LogP contribution >= 0.6 is 0 Å². The fourth-order valence-electron chi connectivity index (χ4n) is 1.90. The summed E-state index contributed by atoms with van der Waals surface area (Å²) in [7, 11) is -1.72. The van der Waals surface area contributed by atoms with Gasteiger partial charge in [-0.3, -0.25) is 0 Å². The molecule has 0 aliphatic rings. The van der Waals surface area contributed by atoms with Crippen molar-refractivity contribution < 1.29 is 18.8 Å². The van der Waals surface area contributed by atoms with Crippen LogP contribution in [0.5, 0.6) is 0 Å². The smallest absolute Gasteiger partial charge is 0.423 e. The van der Waals surface area contributed by atoms with Gasteiger partial charge in [0.15, 0.2) is 0 Å². The zero-order valence-electron chi connectivity index (χ0n) is 10.6. The molecule has 0 aliphatic heterocycles. The molecule has 0 fully saturated rings. The third-order valence-electron chi connectivity index (χ3n) is 3.21. The first-order valence-corrected chi connectivity index (χ1v) is 5.83. The lowest BCUT2D eigenvalue weighted by molar-refractivity contribution is 0.425. The fraction of sp³-hybridized carbons (Fsp3) is 0.143. The summed E-state index contributed by atoms with van der Waals surface area (Å²) in [5, 5.41) is 17.9. The van der Waals surface area contributed by atoms with Crippen LogP contribution in [0.15, 0.2) is 30.3 Å². The second-order valence-corrected chi connectivity index (χ2v) is 4.51. The first kappa shape index (κ1) is 13.7. The molecule has 0 saturated carbocycles. The van der Waals surface area contributed by atoms with Crippen LogP contribution in [0.1, 0.15) is 11.1 Å². The number of hydrogen-bond acceptors (Lipinski definition) is 2. The maximum Gasteiger partial charge on any atom is 0.488 e. The van der Waals surface area contributed by atoms with Crippen LogP contribution in [0, 0.1) is 25.5 Å². The summed E-state index contributed by atoms with van der Waals surface area (Å²) in [6, 6.07) is 6.82. The van der Waals surface area contributed by atoms with Gasteiger partial charge in [-0.15, -0.1) is 0 Å². The topological polar surface area (TPSA) is 40.5 Å². The van der Waals surface area contributed by atoms with Crippen LogP contribution in [0.2, 0.25) is 0 Å². The van der Waals surface area contributed by atoms with Gasteiger partial charge < -0.3 is 10.0 Å². The van der Waals surface area contributed by atoms with Gasteiger partial charge in [-0.1, -0.05) is 18.2 Å². The summed E-state index contributed by atoms with van der Waals surface area (Å²) in [6.07, 6.45) is 0. The zero-order valence-corrected chi connectivity index (χ0v) is 10.6. The lowest BCUT2D eigenvalue weighted by atomic mass is 9.79. The minimum Gasteiger partial charge on any atom is -0.423 e. The van der Waals surface area contributed by atoms with Crippen molar-refractivity contribution in [3.8, 4) is 11.1 Å². The molecule has 19 heavy (non-hydrogen) atoms. The van der Waals surface area contributed by atoms with Gasteiger partial charge in [-0.2, -0.15) is 0 Å².